The average Bonchev–Trinajstić information content (AvgIpc) is 2.30. The van der Waals surface area contributed by atoms with Gasteiger partial charge < -0.3 is 9.84 Å². The molecule has 18 heavy (non-hydrogen) atoms. The molecule has 0 amide bonds. The number of ether oxygens (including phenoxy) is 1. The van der Waals surface area contributed by atoms with E-state index in [4.69, 9.17) is 33.0 Å². The molecule has 5 heteroatoms. The zero-order valence-corrected chi connectivity index (χ0v) is 11.7. The second kappa shape index (κ2) is 7.62. The highest BCUT2D eigenvalue weighted by molar-refractivity contribution is 6.35. The van der Waals surface area contributed by atoms with Crippen LogP contribution in [0.25, 0.3) is 0 Å². The maximum Gasteiger partial charge on any atom is 0.333 e. The van der Waals surface area contributed by atoms with Gasteiger partial charge >= 0.3 is 5.97 Å². The van der Waals surface area contributed by atoms with Gasteiger partial charge in [0.1, 0.15) is 0 Å². The Kier molecular flexibility index (Phi) is 6.47. The van der Waals surface area contributed by atoms with E-state index in [9.17, 15) is 4.79 Å². The average molecular weight is 291 g/mol. The minimum Gasteiger partial charge on any atom is -0.479 e. The van der Waals surface area contributed by atoms with Crippen LogP contribution in [0.5, 0.6) is 0 Å². The molecule has 0 aliphatic heterocycles. The van der Waals surface area contributed by atoms with E-state index in [0.717, 1.165) is 18.4 Å². The first kappa shape index (κ1) is 15.3. The molecule has 0 saturated heterocycles. The fourth-order valence-corrected chi connectivity index (χ4v) is 1.96. The van der Waals surface area contributed by atoms with Crippen molar-refractivity contribution >= 4 is 29.2 Å². The predicted octanol–water partition coefficient (Wildman–Crippen LogP) is 3.81. The predicted molar refractivity (Wildman–Crippen MR) is 72.4 cm³/mol. The Labute approximate surface area is 117 Å². The van der Waals surface area contributed by atoms with Crippen LogP contribution in [-0.2, 0) is 16.0 Å². The molecule has 100 valence electrons. The molecule has 0 saturated carbocycles. The van der Waals surface area contributed by atoms with Crippen LogP contribution in [0.1, 0.15) is 25.3 Å². The molecule has 0 aliphatic rings. The molecule has 1 aromatic rings. The molecular formula is C13H16Cl2O3. The Bertz CT molecular complexity index is 407. The summed E-state index contributed by atoms with van der Waals surface area (Å²) >= 11 is 11.8. The molecule has 1 atom stereocenters. The third-order valence-electron chi connectivity index (χ3n) is 2.51. The molecule has 0 radical (unpaired) electrons. The van der Waals surface area contributed by atoms with Gasteiger partial charge in [-0.1, -0.05) is 42.6 Å². The SMILES string of the molecule is CCCCOC(Cc1ccc(Cl)cc1Cl)C(=O)O. The van der Waals surface area contributed by atoms with Crippen molar-refractivity contribution in [2.75, 3.05) is 6.61 Å². The molecule has 0 bridgehead atoms. The number of benzene rings is 1. The molecular weight excluding hydrogens is 275 g/mol. The van der Waals surface area contributed by atoms with E-state index in [1.54, 1.807) is 18.2 Å². The van der Waals surface area contributed by atoms with E-state index < -0.39 is 12.1 Å². The number of aliphatic carboxylic acids is 1. The van der Waals surface area contributed by atoms with Gasteiger partial charge in [0.15, 0.2) is 6.10 Å². The smallest absolute Gasteiger partial charge is 0.333 e. The largest absolute Gasteiger partial charge is 0.479 e. The van der Waals surface area contributed by atoms with Crippen LogP contribution in [0.4, 0.5) is 0 Å². The summed E-state index contributed by atoms with van der Waals surface area (Å²) in [5.41, 5.74) is 0.727. The summed E-state index contributed by atoms with van der Waals surface area (Å²) in [6.45, 7) is 2.47. The van der Waals surface area contributed by atoms with Crippen molar-refractivity contribution in [3.8, 4) is 0 Å². The van der Waals surface area contributed by atoms with Gasteiger partial charge in [-0.3, -0.25) is 0 Å². The van der Waals surface area contributed by atoms with E-state index in [1.165, 1.54) is 0 Å². The van der Waals surface area contributed by atoms with Crippen molar-refractivity contribution in [3.05, 3.63) is 33.8 Å². The number of hydrogen-bond donors (Lipinski definition) is 1. The van der Waals surface area contributed by atoms with Crippen LogP contribution in [0, 0.1) is 0 Å². The molecule has 0 aliphatic carbocycles. The van der Waals surface area contributed by atoms with Crippen molar-refractivity contribution in [1.82, 2.24) is 0 Å². The van der Waals surface area contributed by atoms with Gasteiger partial charge in [0.25, 0.3) is 0 Å². The van der Waals surface area contributed by atoms with Gasteiger partial charge in [0.05, 0.1) is 0 Å². The second-order valence-corrected chi connectivity index (χ2v) is 4.83. The van der Waals surface area contributed by atoms with Crippen molar-refractivity contribution in [1.29, 1.82) is 0 Å². The first-order valence-electron chi connectivity index (χ1n) is 5.83. The van der Waals surface area contributed by atoms with Gasteiger partial charge in [0, 0.05) is 23.1 Å². The van der Waals surface area contributed by atoms with Crippen LogP contribution >= 0.6 is 23.2 Å². The van der Waals surface area contributed by atoms with E-state index in [-0.39, 0.29) is 6.42 Å². The van der Waals surface area contributed by atoms with Crippen molar-refractivity contribution in [2.24, 2.45) is 0 Å². The fraction of sp³-hybridized carbons (Fsp3) is 0.462. The van der Waals surface area contributed by atoms with Crippen LogP contribution < -0.4 is 0 Å². The number of carboxylic acids is 1. The van der Waals surface area contributed by atoms with E-state index in [1.807, 2.05) is 6.92 Å². The summed E-state index contributed by atoms with van der Waals surface area (Å²) in [6, 6.07) is 5.01. The molecule has 0 aromatic heterocycles. The molecule has 3 nitrogen and oxygen atoms in total. The Morgan fingerprint density at radius 1 is 1.44 bits per heavy atom. The third-order valence-corrected chi connectivity index (χ3v) is 3.10. The highest BCUT2D eigenvalue weighted by Crippen LogP contribution is 2.22. The quantitative estimate of drug-likeness (QED) is 0.777. The molecule has 1 aromatic carbocycles. The monoisotopic (exact) mass is 290 g/mol. The molecule has 1 rings (SSSR count). The standard InChI is InChI=1S/C13H16Cl2O3/c1-2-3-6-18-12(13(16)17)7-9-4-5-10(14)8-11(9)15/h4-5,8,12H,2-3,6-7H2,1H3,(H,16,17). The number of carbonyl (C=O) groups is 1. The van der Waals surface area contributed by atoms with Crippen LogP contribution in [0.3, 0.4) is 0 Å². The zero-order chi connectivity index (χ0) is 13.5. The van der Waals surface area contributed by atoms with Crippen molar-refractivity contribution < 1.29 is 14.6 Å². The fourth-order valence-electron chi connectivity index (χ4n) is 1.47. The van der Waals surface area contributed by atoms with Gasteiger partial charge in [0.2, 0.25) is 0 Å². The topological polar surface area (TPSA) is 46.5 Å². The maximum absolute atomic E-state index is 11.1. The van der Waals surface area contributed by atoms with Crippen LogP contribution in [0.2, 0.25) is 10.0 Å². The molecule has 0 fully saturated rings. The number of halogens is 2. The van der Waals surface area contributed by atoms with Gasteiger partial charge in [-0.2, -0.15) is 0 Å². The molecule has 1 unspecified atom stereocenters. The third kappa shape index (κ3) is 4.84. The lowest BCUT2D eigenvalue weighted by atomic mass is 10.1. The number of unbranched alkanes of at least 4 members (excludes halogenated alkanes) is 1. The zero-order valence-electron chi connectivity index (χ0n) is 10.2. The summed E-state index contributed by atoms with van der Waals surface area (Å²) in [7, 11) is 0. The summed E-state index contributed by atoms with van der Waals surface area (Å²) in [4.78, 5) is 11.1. The second-order valence-electron chi connectivity index (χ2n) is 3.99. The summed E-state index contributed by atoms with van der Waals surface area (Å²) in [5, 5.41) is 10.1. The lowest BCUT2D eigenvalue weighted by Crippen LogP contribution is -2.27. The number of carboxylic acid groups (broad SMARTS) is 1. The highest BCUT2D eigenvalue weighted by Gasteiger charge is 2.19. The Balaban J connectivity index is 2.67. The van der Waals surface area contributed by atoms with E-state index in [0.29, 0.717) is 16.7 Å². The van der Waals surface area contributed by atoms with Crippen LogP contribution in [-0.4, -0.2) is 23.8 Å². The first-order valence-corrected chi connectivity index (χ1v) is 6.58. The Hall–Kier alpha value is -0.770. The highest BCUT2D eigenvalue weighted by atomic mass is 35.5. The van der Waals surface area contributed by atoms with E-state index >= 15 is 0 Å². The maximum atomic E-state index is 11.1. The van der Waals surface area contributed by atoms with Gasteiger partial charge in [-0.05, 0) is 24.1 Å². The van der Waals surface area contributed by atoms with Gasteiger partial charge in [-0.15, -0.1) is 0 Å². The Morgan fingerprint density at radius 3 is 2.72 bits per heavy atom. The minimum atomic E-state index is -0.975. The Morgan fingerprint density at radius 2 is 2.17 bits per heavy atom. The first-order chi connectivity index (χ1) is 8.54. The lowest BCUT2D eigenvalue weighted by molar-refractivity contribution is -0.150. The van der Waals surface area contributed by atoms with Crippen molar-refractivity contribution in [2.45, 2.75) is 32.3 Å². The minimum absolute atomic E-state index is 0.245. The summed E-state index contributed by atoms with van der Waals surface area (Å²) < 4.78 is 5.34. The van der Waals surface area contributed by atoms with Crippen molar-refractivity contribution in [3.63, 3.8) is 0 Å². The summed E-state index contributed by atoms with van der Waals surface area (Å²) in [6.07, 6.45) is 1.19. The normalized spacial score (nSPS) is 12.4. The number of rotatable bonds is 7. The van der Waals surface area contributed by atoms with E-state index in [2.05, 4.69) is 0 Å². The number of hydrogen-bond acceptors (Lipinski definition) is 2. The lowest BCUT2D eigenvalue weighted by Gasteiger charge is -2.14. The molecule has 1 N–H and O–H groups in total. The molecule has 0 heterocycles. The molecule has 0 spiro atoms. The summed E-state index contributed by atoms with van der Waals surface area (Å²) in [5.74, 6) is -0.975. The van der Waals surface area contributed by atoms with Gasteiger partial charge in [-0.25, -0.2) is 4.79 Å². The van der Waals surface area contributed by atoms with Crippen LogP contribution in [0.15, 0.2) is 18.2 Å².